The average Bonchev–Trinajstić information content (AvgIpc) is 2.49. The highest BCUT2D eigenvalue weighted by molar-refractivity contribution is 5.56. The molecule has 0 spiro atoms. The van der Waals surface area contributed by atoms with Crippen LogP contribution in [0.5, 0.6) is 0 Å². The molecule has 0 N–H and O–H groups in total. The largest absolute Gasteiger partial charge is 0.455 e. The highest BCUT2D eigenvalue weighted by atomic mass is 16.5. The van der Waals surface area contributed by atoms with E-state index in [2.05, 4.69) is 38.8 Å². The molecule has 0 saturated heterocycles. The number of ether oxygens (including phenoxy) is 1. The number of hydrogen-bond donors (Lipinski definition) is 0. The molecule has 0 amide bonds. The fraction of sp³-hybridized carbons (Fsp3) is 0.133. The number of aromatic nitrogens is 2. The molecular formula is C15H14N4O. The molecule has 2 heterocycles. The average molecular weight is 266 g/mol. The molecule has 0 aliphatic carbocycles. The van der Waals surface area contributed by atoms with Crippen LogP contribution in [0.15, 0.2) is 64.7 Å². The maximum atomic E-state index is 5.67. The number of hydrogen-bond acceptors (Lipinski definition) is 5. The third-order valence-electron chi connectivity index (χ3n) is 2.46. The van der Waals surface area contributed by atoms with Crippen LogP contribution in [0.25, 0.3) is 6.08 Å². The minimum Gasteiger partial charge on any atom is -0.455 e. The van der Waals surface area contributed by atoms with E-state index in [9.17, 15) is 0 Å². The Kier molecular flexibility index (Phi) is 4.37. The summed E-state index contributed by atoms with van der Waals surface area (Å²) >= 11 is 0. The fourth-order valence-corrected chi connectivity index (χ4v) is 1.65. The molecule has 0 bridgehead atoms. The van der Waals surface area contributed by atoms with Crippen LogP contribution in [0.2, 0.25) is 0 Å². The van der Waals surface area contributed by atoms with Gasteiger partial charge in [-0.2, -0.15) is 0 Å². The van der Waals surface area contributed by atoms with Crippen LogP contribution in [-0.2, 0) is 4.74 Å². The van der Waals surface area contributed by atoms with Crippen molar-refractivity contribution in [3.63, 3.8) is 0 Å². The van der Waals surface area contributed by atoms with Gasteiger partial charge in [0.1, 0.15) is 23.1 Å². The molecule has 0 aromatic carbocycles. The summed E-state index contributed by atoms with van der Waals surface area (Å²) in [5.41, 5.74) is 3.34. The zero-order valence-electron chi connectivity index (χ0n) is 11.2. The first-order valence-electron chi connectivity index (χ1n) is 6.01. The number of rotatable bonds is 2. The molecule has 20 heavy (non-hydrogen) atoms. The van der Waals surface area contributed by atoms with Crippen LogP contribution in [-0.4, -0.2) is 22.7 Å². The SMILES string of the molecule is C=C=C/C1=C(\N=CC)CN=c2cncn/c2=C/C(=C)O1. The lowest BCUT2D eigenvalue weighted by Crippen LogP contribution is -2.29. The standard InChI is InChI=1S/C15H14N4O/c1-4-6-15-14(17-5-2)9-18-13-8-16-10-19-12(13)7-11(3)20-15/h5-8,10H,1,3,9H2,2H3/b12-7+,15-14+,17-5?,18-13?. The van der Waals surface area contributed by atoms with Crippen molar-refractivity contribution in [1.82, 2.24) is 9.97 Å². The second-order valence-electron chi connectivity index (χ2n) is 3.87. The van der Waals surface area contributed by atoms with E-state index in [1.807, 2.05) is 6.92 Å². The van der Waals surface area contributed by atoms with Crippen LogP contribution in [0.1, 0.15) is 6.92 Å². The smallest absolute Gasteiger partial charge is 0.158 e. The zero-order valence-corrected chi connectivity index (χ0v) is 11.2. The van der Waals surface area contributed by atoms with E-state index in [4.69, 9.17) is 4.74 Å². The van der Waals surface area contributed by atoms with Gasteiger partial charge in [0.05, 0.1) is 18.1 Å². The molecule has 0 fully saturated rings. The van der Waals surface area contributed by atoms with Crippen molar-refractivity contribution in [3.8, 4) is 0 Å². The third-order valence-corrected chi connectivity index (χ3v) is 2.46. The highest BCUT2D eigenvalue weighted by Gasteiger charge is 2.07. The van der Waals surface area contributed by atoms with Crippen LogP contribution >= 0.6 is 0 Å². The van der Waals surface area contributed by atoms with Gasteiger partial charge in [0, 0.05) is 18.4 Å². The number of fused-ring (bicyclic) bond motifs is 1. The lowest BCUT2D eigenvalue weighted by molar-refractivity contribution is 0.339. The molecule has 100 valence electrons. The number of aliphatic imine (C=N–C) groups is 1. The van der Waals surface area contributed by atoms with E-state index >= 15 is 0 Å². The van der Waals surface area contributed by atoms with Gasteiger partial charge < -0.3 is 4.74 Å². The van der Waals surface area contributed by atoms with Gasteiger partial charge in [-0.15, -0.1) is 5.73 Å². The van der Waals surface area contributed by atoms with Crippen LogP contribution in [0.4, 0.5) is 0 Å². The van der Waals surface area contributed by atoms with Crippen molar-refractivity contribution in [3.05, 3.63) is 65.4 Å². The Bertz CT molecular complexity index is 752. The lowest BCUT2D eigenvalue weighted by atomic mass is 10.3. The highest BCUT2D eigenvalue weighted by Crippen LogP contribution is 2.14. The Morgan fingerprint density at radius 2 is 2.35 bits per heavy atom. The summed E-state index contributed by atoms with van der Waals surface area (Å²) in [4.78, 5) is 16.9. The summed E-state index contributed by atoms with van der Waals surface area (Å²) in [7, 11) is 0. The van der Waals surface area contributed by atoms with E-state index in [1.54, 1.807) is 24.6 Å². The number of allylic oxidation sites excluding steroid dienone is 2. The first kappa shape index (κ1) is 13.6. The summed E-state index contributed by atoms with van der Waals surface area (Å²) in [5, 5.41) is 1.33. The molecule has 1 aromatic heterocycles. The predicted molar refractivity (Wildman–Crippen MR) is 77.3 cm³/mol. The third kappa shape index (κ3) is 3.16. The molecular weight excluding hydrogens is 252 g/mol. The second-order valence-corrected chi connectivity index (χ2v) is 3.87. The van der Waals surface area contributed by atoms with Gasteiger partial charge in [-0.05, 0) is 6.92 Å². The summed E-state index contributed by atoms with van der Waals surface area (Å²) < 4.78 is 5.67. The molecule has 5 heteroatoms. The van der Waals surface area contributed by atoms with E-state index in [0.717, 1.165) is 0 Å². The topological polar surface area (TPSA) is 59.7 Å². The molecule has 1 aliphatic heterocycles. The van der Waals surface area contributed by atoms with Crippen LogP contribution < -0.4 is 10.7 Å². The molecule has 1 aromatic rings. The van der Waals surface area contributed by atoms with E-state index in [0.29, 0.717) is 34.5 Å². The summed E-state index contributed by atoms with van der Waals surface area (Å²) in [6.07, 6.45) is 8.10. The molecule has 0 unspecified atom stereocenters. The predicted octanol–water partition coefficient (Wildman–Crippen LogP) is 1.06. The first-order chi connectivity index (χ1) is 9.74. The Labute approximate surface area is 116 Å². The van der Waals surface area contributed by atoms with Gasteiger partial charge >= 0.3 is 0 Å². The Balaban J connectivity index is 2.64. The Morgan fingerprint density at radius 3 is 3.10 bits per heavy atom. The monoisotopic (exact) mass is 266 g/mol. The Hall–Kier alpha value is -2.78. The van der Waals surface area contributed by atoms with Crippen molar-refractivity contribution >= 4 is 12.3 Å². The van der Waals surface area contributed by atoms with Crippen molar-refractivity contribution in [2.24, 2.45) is 9.98 Å². The van der Waals surface area contributed by atoms with Gasteiger partial charge in [-0.1, -0.05) is 13.2 Å². The second kappa shape index (κ2) is 6.41. The quantitative estimate of drug-likeness (QED) is 0.594. The lowest BCUT2D eigenvalue weighted by Gasteiger charge is -2.07. The molecule has 0 atom stereocenters. The van der Waals surface area contributed by atoms with Gasteiger partial charge in [0.15, 0.2) is 5.76 Å². The minimum absolute atomic E-state index is 0.347. The summed E-state index contributed by atoms with van der Waals surface area (Å²) in [5.74, 6) is 0.955. The molecule has 1 aliphatic rings. The van der Waals surface area contributed by atoms with Gasteiger partial charge in [-0.25, -0.2) is 9.97 Å². The molecule has 0 radical (unpaired) electrons. The van der Waals surface area contributed by atoms with Crippen LogP contribution in [0, 0.1) is 0 Å². The fourth-order valence-electron chi connectivity index (χ4n) is 1.65. The summed E-state index contributed by atoms with van der Waals surface area (Å²) in [6.45, 7) is 9.57. The maximum absolute atomic E-state index is 5.67. The van der Waals surface area contributed by atoms with Crippen molar-refractivity contribution < 1.29 is 4.74 Å². The normalized spacial score (nSPS) is 20.2. The van der Waals surface area contributed by atoms with Crippen molar-refractivity contribution in [1.29, 1.82) is 0 Å². The van der Waals surface area contributed by atoms with Gasteiger partial charge in [0.2, 0.25) is 0 Å². The van der Waals surface area contributed by atoms with Gasteiger partial charge in [-0.3, -0.25) is 9.98 Å². The van der Waals surface area contributed by atoms with E-state index in [1.165, 1.54) is 6.33 Å². The zero-order chi connectivity index (χ0) is 14.4. The number of nitrogens with zero attached hydrogens (tertiary/aromatic N) is 4. The first-order valence-corrected chi connectivity index (χ1v) is 6.01. The molecule has 2 rings (SSSR count). The molecule has 0 saturated carbocycles. The van der Waals surface area contributed by atoms with Crippen molar-refractivity contribution in [2.45, 2.75) is 6.92 Å². The van der Waals surface area contributed by atoms with E-state index in [-0.39, 0.29) is 0 Å². The summed E-state index contributed by atoms with van der Waals surface area (Å²) in [6, 6.07) is 0. The van der Waals surface area contributed by atoms with Gasteiger partial charge in [0.25, 0.3) is 0 Å². The van der Waals surface area contributed by atoms with Crippen molar-refractivity contribution in [2.75, 3.05) is 6.54 Å². The van der Waals surface area contributed by atoms with Crippen LogP contribution in [0.3, 0.4) is 0 Å². The van der Waals surface area contributed by atoms with E-state index < -0.39 is 0 Å². The molecule has 5 nitrogen and oxygen atoms in total. The minimum atomic E-state index is 0.347. The maximum Gasteiger partial charge on any atom is 0.158 e. The Morgan fingerprint density at radius 1 is 1.50 bits per heavy atom.